The molecule has 1 atom stereocenters. The van der Waals surface area contributed by atoms with Crippen LogP contribution in [0, 0.1) is 5.92 Å². The predicted molar refractivity (Wildman–Crippen MR) is 110 cm³/mol. The van der Waals surface area contributed by atoms with Gasteiger partial charge in [-0.15, -0.1) is 0 Å². The molecule has 2 heterocycles. The van der Waals surface area contributed by atoms with Gasteiger partial charge in [0.1, 0.15) is 19.6 Å². The second kappa shape index (κ2) is 10.8. The molecule has 1 aliphatic carbocycles. The maximum absolute atomic E-state index is 12.8. The molecule has 0 aromatic heterocycles. The van der Waals surface area contributed by atoms with Crippen molar-refractivity contribution in [3.63, 3.8) is 0 Å². The van der Waals surface area contributed by atoms with Crippen molar-refractivity contribution in [3.8, 4) is 0 Å². The van der Waals surface area contributed by atoms with Crippen molar-refractivity contribution in [2.45, 2.75) is 38.5 Å². The molecule has 3 rings (SSSR count). The molecule has 3 aliphatic rings. The molecule has 28 heavy (non-hydrogen) atoms. The van der Waals surface area contributed by atoms with Crippen LogP contribution in [0.4, 0.5) is 0 Å². The Hall–Kier alpha value is -1.64. The Kier molecular flexibility index (Phi) is 8.12. The molecule has 3 N–H and O–H groups in total. The molecule has 154 valence electrons. The van der Waals surface area contributed by atoms with Crippen LogP contribution in [0.5, 0.6) is 0 Å². The highest BCUT2D eigenvalue weighted by Crippen LogP contribution is 2.21. The summed E-state index contributed by atoms with van der Waals surface area (Å²) in [5.74, 6) is -1.38. The summed E-state index contributed by atoms with van der Waals surface area (Å²) in [4.78, 5) is 31.3. The van der Waals surface area contributed by atoms with Gasteiger partial charge in [0, 0.05) is 6.54 Å². The Labute approximate surface area is 172 Å². The van der Waals surface area contributed by atoms with Crippen molar-refractivity contribution in [2.24, 2.45) is 5.92 Å². The number of morpholine rings is 1. The van der Waals surface area contributed by atoms with E-state index in [4.69, 9.17) is 17.0 Å². The van der Waals surface area contributed by atoms with Crippen LogP contribution in [0.2, 0.25) is 0 Å². The van der Waals surface area contributed by atoms with E-state index in [2.05, 4.69) is 16.4 Å². The van der Waals surface area contributed by atoms with Crippen molar-refractivity contribution in [2.75, 3.05) is 45.9 Å². The number of hydrogen-bond acceptors (Lipinski definition) is 4. The van der Waals surface area contributed by atoms with Crippen molar-refractivity contribution in [1.82, 2.24) is 10.2 Å². The zero-order valence-electron chi connectivity index (χ0n) is 16.5. The summed E-state index contributed by atoms with van der Waals surface area (Å²) in [7, 11) is 0. The normalized spacial score (nSPS) is 24.6. The second-order valence-corrected chi connectivity index (χ2v) is 8.09. The Balaban J connectivity index is 1.47. The van der Waals surface area contributed by atoms with Gasteiger partial charge in [-0.2, -0.15) is 0 Å². The summed E-state index contributed by atoms with van der Waals surface area (Å²) in [5, 5.41) is 2.91. The molecule has 2 aliphatic heterocycles. The largest absolute Gasteiger partial charge is 0.370 e. The Morgan fingerprint density at radius 1 is 1.32 bits per heavy atom. The first kappa shape index (κ1) is 21.1. The molecule has 7 nitrogen and oxygen atoms in total. The van der Waals surface area contributed by atoms with Gasteiger partial charge in [-0.05, 0) is 44.3 Å². The average Bonchev–Trinajstić information content (AvgIpc) is 2.71. The third-order valence-corrected chi connectivity index (χ3v) is 5.99. The lowest BCUT2D eigenvalue weighted by atomic mass is 9.97. The molecule has 2 amide bonds. The van der Waals surface area contributed by atoms with Gasteiger partial charge >= 0.3 is 0 Å². The molecule has 0 radical (unpaired) electrons. The van der Waals surface area contributed by atoms with Crippen molar-refractivity contribution >= 4 is 35.4 Å². The van der Waals surface area contributed by atoms with E-state index in [1.165, 1.54) is 18.4 Å². The van der Waals surface area contributed by atoms with Gasteiger partial charge < -0.3 is 15.0 Å². The number of ether oxygens (including phenoxy) is 1. The molecule has 2 saturated heterocycles. The van der Waals surface area contributed by atoms with E-state index < -0.39 is 5.92 Å². The molecule has 0 bridgehead atoms. The van der Waals surface area contributed by atoms with Gasteiger partial charge in [-0.25, -0.2) is 0 Å². The number of amides is 2. The summed E-state index contributed by atoms with van der Waals surface area (Å²) < 4.78 is 5.36. The molecular formula is C20H32N4O3S+2. The lowest BCUT2D eigenvalue weighted by molar-refractivity contribution is -0.908. The Morgan fingerprint density at radius 3 is 2.89 bits per heavy atom. The number of nitrogens with one attached hydrogen (secondary N) is 3. The van der Waals surface area contributed by atoms with Crippen LogP contribution in [0.3, 0.4) is 0 Å². The number of carbonyl (C=O) groups excluding carboxylic acids is 2. The van der Waals surface area contributed by atoms with Gasteiger partial charge in [0.25, 0.3) is 5.91 Å². The maximum Gasteiger partial charge on any atom is 0.251 e. The highest BCUT2D eigenvalue weighted by molar-refractivity contribution is 7.80. The predicted octanol–water partition coefficient (Wildman–Crippen LogP) is -1.81. The van der Waals surface area contributed by atoms with Gasteiger partial charge in [-0.1, -0.05) is 11.6 Å². The number of thiocarbonyl (C=S) groups is 1. The second-order valence-electron chi connectivity index (χ2n) is 7.71. The van der Waals surface area contributed by atoms with Crippen LogP contribution in [0.1, 0.15) is 38.5 Å². The molecule has 0 spiro atoms. The van der Waals surface area contributed by atoms with Crippen LogP contribution < -0.4 is 15.2 Å². The fourth-order valence-electron chi connectivity index (χ4n) is 3.93. The van der Waals surface area contributed by atoms with Crippen LogP contribution >= 0.6 is 12.2 Å². The lowest BCUT2D eigenvalue weighted by Crippen LogP contribution is -3.14. The van der Waals surface area contributed by atoms with E-state index >= 15 is 0 Å². The minimum atomic E-state index is -0.817. The highest BCUT2D eigenvalue weighted by atomic mass is 32.1. The topological polar surface area (TPSA) is 77.1 Å². The molecule has 8 heteroatoms. The number of rotatable bonds is 8. The Bertz CT molecular complexity index is 643. The minimum absolute atomic E-state index is 0.225. The third-order valence-electron chi connectivity index (χ3n) is 5.67. The first-order chi connectivity index (χ1) is 13.6. The molecular weight excluding hydrogens is 376 g/mol. The zero-order valence-corrected chi connectivity index (χ0v) is 17.3. The number of carbonyl (C=O) groups is 2. The smallest absolute Gasteiger partial charge is 0.251 e. The summed E-state index contributed by atoms with van der Waals surface area (Å²) >= 11 is 5.23. The van der Waals surface area contributed by atoms with E-state index in [1.807, 2.05) is 0 Å². The fourth-order valence-corrected chi connectivity index (χ4v) is 4.21. The number of hydrogen-bond donors (Lipinski definition) is 3. The average molecular weight is 409 g/mol. The monoisotopic (exact) mass is 408 g/mol. The van der Waals surface area contributed by atoms with E-state index in [-0.39, 0.29) is 16.9 Å². The van der Waals surface area contributed by atoms with Gasteiger partial charge in [0.05, 0.1) is 26.2 Å². The zero-order chi connectivity index (χ0) is 19.8. The van der Waals surface area contributed by atoms with Gasteiger partial charge in [-0.3, -0.25) is 19.5 Å². The summed E-state index contributed by atoms with van der Waals surface area (Å²) in [6.07, 6.45) is 10.4. The summed E-state index contributed by atoms with van der Waals surface area (Å²) in [5.41, 5.74) is 1.39. The van der Waals surface area contributed by atoms with Crippen LogP contribution in [-0.2, 0) is 14.3 Å². The SMILES string of the molecule is O=C1NC(=S)N(CCC2=CCCCC2)C(=O)[C@H]1C=[NH+]CCC[NH+]1CCOCC1. The number of nitrogens with zero attached hydrogens (tertiary/aromatic N) is 1. The number of allylic oxidation sites excluding steroid dienone is 1. The van der Waals surface area contributed by atoms with Crippen molar-refractivity contribution in [1.29, 1.82) is 0 Å². The molecule has 0 aromatic rings. The number of quaternary nitrogens is 1. The first-order valence-corrected chi connectivity index (χ1v) is 10.9. The molecule has 0 saturated carbocycles. The maximum atomic E-state index is 12.8. The van der Waals surface area contributed by atoms with Gasteiger partial charge in [0.2, 0.25) is 5.91 Å². The molecule has 0 unspecified atom stereocenters. The van der Waals surface area contributed by atoms with E-state index in [0.717, 1.165) is 65.1 Å². The van der Waals surface area contributed by atoms with E-state index in [9.17, 15) is 9.59 Å². The summed E-state index contributed by atoms with van der Waals surface area (Å²) in [6.45, 7) is 6.12. The minimum Gasteiger partial charge on any atom is -0.370 e. The van der Waals surface area contributed by atoms with Crippen molar-refractivity contribution < 1.29 is 24.2 Å². The fraction of sp³-hybridized carbons (Fsp3) is 0.700. The van der Waals surface area contributed by atoms with E-state index in [0.29, 0.717) is 6.54 Å². The lowest BCUT2D eigenvalue weighted by Gasteiger charge is -2.30. The first-order valence-electron chi connectivity index (χ1n) is 10.5. The van der Waals surface area contributed by atoms with Crippen molar-refractivity contribution in [3.05, 3.63) is 11.6 Å². The third kappa shape index (κ3) is 5.93. The highest BCUT2D eigenvalue weighted by Gasteiger charge is 2.39. The molecule has 0 aromatic carbocycles. The molecule has 2 fully saturated rings. The quantitative estimate of drug-likeness (QED) is 0.146. The van der Waals surface area contributed by atoms with E-state index in [1.54, 1.807) is 16.0 Å². The van der Waals surface area contributed by atoms with Crippen LogP contribution in [0.15, 0.2) is 11.6 Å². The standard InChI is InChI=1S/C20H30N4O3S/c25-18-17(15-21-8-4-9-23-11-13-27-14-12-23)19(26)24(20(28)22-18)10-7-16-5-2-1-3-6-16/h5,15,17H,1-4,6-14H2,(H,22,25,28)/p+2/t17-/m0/s1. The summed E-state index contributed by atoms with van der Waals surface area (Å²) in [6, 6.07) is 0. The van der Waals surface area contributed by atoms with Gasteiger partial charge in [0.15, 0.2) is 17.2 Å². The Morgan fingerprint density at radius 2 is 2.14 bits per heavy atom. The van der Waals surface area contributed by atoms with Crippen LogP contribution in [0.25, 0.3) is 0 Å². The van der Waals surface area contributed by atoms with Crippen LogP contribution in [-0.4, -0.2) is 74.0 Å².